The van der Waals surface area contributed by atoms with Crippen molar-refractivity contribution in [2.75, 3.05) is 23.1 Å². The molecule has 0 spiro atoms. The fraction of sp³-hybridized carbons (Fsp3) is 0.700. The summed E-state index contributed by atoms with van der Waals surface area (Å²) >= 11 is 1.54. The van der Waals surface area contributed by atoms with Gasteiger partial charge in [0, 0.05) is 0 Å². The van der Waals surface area contributed by atoms with Gasteiger partial charge in [0.2, 0.25) is 21.9 Å². The van der Waals surface area contributed by atoms with E-state index < -0.39 is 22.0 Å². The number of hydrogen-bond acceptors (Lipinski definition) is 6. The number of nitrogens with one attached hydrogen (secondary N) is 3. The molecule has 1 unspecified atom stereocenters. The minimum Gasteiger partial charge on any atom is -0.292 e. The zero-order valence-electron chi connectivity index (χ0n) is 11.6. The lowest BCUT2D eigenvalue weighted by molar-refractivity contribution is -0.117. The lowest BCUT2D eigenvalue weighted by Crippen LogP contribution is -2.44. The third kappa shape index (κ3) is 5.47. The molecule has 1 heterocycles. The van der Waals surface area contributed by atoms with Crippen molar-refractivity contribution in [2.24, 2.45) is 0 Å². The highest BCUT2D eigenvalue weighted by atomic mass is 32.2. The average Bonchev–Trinajstić information content (AvgIpc) is 2.79. The quantitative estimate of drug-likeness (QED) is 0.626. The van der Waals surface area contributed by atoms with Crippen LogP contribution >= 0.6 is 11.8 Å². The van der Waals surface area contributed by atoms with Crippen LogP contribution in [0.5, 0.6) is 0 Å². The highest BCUT2D eigenvalue weighted by molar-refractivity contribution is 7.98. The van der Waals surface area contributed by atoms with Gasteiger partial charge in [0.25, 0.3) is 0 Å². The summed E-state index contributed by atoms with van der Waals surface area (Å²) in [6.07, 6.45) is 2.29. The SMILES string of the molecule is CCS(=O)(=O)NC(CCSC)C(=O)Nc1n[nH]c(C)n1. The Morgan fingerprint density at radius 2 is 2.20 bits per heavy atom. The fourth-order valence-electron chi connectivity index (χ4n) is 1.38. The van der Waals surface area contributed by atoms with Gasteiger partial charge in [-0.15, -0.1) is 5.10 Å². The first-order chi connectivity index (χ1) is 9.38. The molecule has 0 radical (unpaired) electrons. The molecule has 0 aliphatic heterocycles. The number of hydrogen-bond donors (Lipinski definition) is 3. The number of anilines is 1. The molecule has 1 amide bonds. The highest BCUT2D eigenvalue weighted by Gasteiger charge is 2.24. The molecule has 0 aliphatic rings. The van der Waals surface area contributed by atoms with Gasteiger partial charge in [-0.25, -0.2) is 13.1 Å². The number of sulfonamides is 1. The number of H-pyrrole nitrogens is 1. The van der Waals surface area contributed by atoms with Crippen molar-refractivity contribution in [3.63, 3.8) is 0 Å². The zero-order valence-corrected chi connectivity index (χ0v) is 13.3. The van der Waals surface area contributed by atoms with E-state index in [0.29, 0.717) is 18.0 Å². The fourth-order valence-corrected chi connectivity index (χ4v) is 2.67. The molecule has 0 aromatic carbocycles. The summed E-state index contributed by atoms with van der Waals surface area (Å²) in [4.78, 5) is 16.0. The molecule has 20 heavy (non-hydrogen) atoms. The van der Waals surface area contributed by atoms with Crippen molar-refractivity contribution >= 4 is 33.6 Å². The topological polar surface area (TPSA) is 117 Å². The number of aryl methyl sites for hydroxylation is 1. The van der Waals surface area contributed by atoms with Crippen molar-refractivity contribution in [3.8, 4) is 0 Å². The maximum Gasteiger partial charge on any atom is 0.248 e. The van der Waals surface area contributed by atoms with Gasteiger partial charge in [-0.1, -0.05) is 0 Å². The van der Waals surface area contributed by atoms with E-state index in [9.17, 15) is 13.2 Å². The van der Waals surface area contributed by atoms with Gasteiger partial charge in [-0.3, -0.25) is 15.2 Å². The Labute approximate surface area is 122 Å². The van der Waals surface area contributed by atoms with Gasteiger partial charge in [0.1, 0.15) is 11.9 Å². The minimum atomic E-state index is -3.45. The van der Waals surface area contributed by atoms with Crippen molar-refractivity contribution in [2.45, 2.75) is 26.3 Å². The second-order valence-corrected chi connectivity index (χ2v) is 7.12. The standard InChI is InChI=1S/C10H19N5O3S2/c1-4-20(17,18)15-8(5-6-19-3)9(16)12-10-11-7(2)13-14-10/h8,15H,4-6H2,1-3H3,(H2,11,12,13,14,16). The molecule has 0 saturated carbocycles. The van der Waals surface area contributed by atoms with E-state index in [1.165, 1.54) is 18.7 Å². The van der Waals surface area contributed by atoms with Crippen LogP contribution in [0.3, 0.4) is 0 Å². The van der Waals surface area contributed by atoms with Gasteiger partial charge >= 0.3 is 0 Å². The predicted octanol–water partition coefficient (Wildman–Crippen LogP) is 0.113. The van der Waals surface area contributed by atoms with E-state index in [1.54, 1.807) is 6.92 Å². The monoisotopic (exact) mass is 321 g/mol. The van der Waals surface area contributed by atoms with Gasteiger partial charge in [0.05, 0.1) is 5.75 Å². The van der Waals surface area contributed by atoms with Crippen LogP contribution in [0.1, 0.15) is 19.2 Å². The van der Waals surface area contributed by atoms with Crippen LogP contribution in [0.25, 0.3) is 0 Å². The number of aromatic nitrogens is 3. The smallest absolute Gasteiger partial charge is 0.248 e. The Bertz CT molecular complexity index is 543. The van der Waals surface area contributed by atoms with Gasteiger partial charge in [-0.05, 0) is 32.3 Å². The Morgan fingerprint density at radius 3 is 2.70 bits per heavy atom. The molecule has 0 fully saturated rings. The number of nitrogens with zero attached hydrogens (tertiary/aromatic N) is 2. The summed E-state index contributed by atoms with van der Waals surface area (Å²) in [7, 11) is -3.45. The Morgan fingerprint density at radius 1 is 1.50 bits per heavy atom. The summed E-state index contributed by atoms with van der Waals surface area (Å²) in [5.74, 6) is 0.829. The number of amides is 1. The lowest BCUT2D eigenvalue weighted by atomic mass is 10.2. The van der Waals surface area contributed by atoms with Crippen LogP contribution in [0, 0.1) is 6.92 Å². The zero-order chi connectivity index (χ0) is 15.2. The first-order valence-corrected chi connectivity index (χ1v) is 9.11. The van der Waals surface area contributed by atoms with Gasteiger partial charge < -0.3 is 0 Å². The predicted molar refractivity (Wildman–Crippen MR) is 79.1 cm³/mol. The van der Waals surface area contributed by atoms with E-state index in [0.717, 1.165) is 0 Å². The lowest BCUT2D eigenvalue weighted by Gasteiger charge is -2.16. The summed E-state index contributed by atoms with van der Waals surface area (Å²) < 4.78 is 25.6. The second kappa shape index (κ2) is 7.60. The van der Waals surface area contributed by atoms with E-state index in [1.807, 2.05) is 6.26 Å². The van der Waals surface area contributed by atoms with E-state index >= 15 is 0 Å². The number of rotatable bonds is 8. The number of carbonyl (C=O) groups is 1. The van der Waals surface area contributed by atoms with Crippen LogP contribution in [-0.2, 0) is 14.8 Å². The van der Waals surface area contributed by atoms with Crippen LogP contribution in [0.4, 0.5) is 5.95 Å². The summed E-state index contributed by atoms with van der Waals surface area (Å²) in [5, 5.41) is 8.87. The molecule has 3 N–H and O–H groups in total. The van der Waals surface area contributed by atoms with E-state index in [4.69, 9.17) is 0 Å². The average molecular weight is 321 g/mol. The second-order valence-electron chi connectivity index (χ2n) is 4.09. The van der Waals surface area contributed by atoms with Gasteiger partial charge in [-0.2, -0.15) is 16.7 Å². The first-order valence-electron chi connectivity index (χ1n) is 6.06. The molecule has 10 heteroatoms. The summed E-state index contributed by atoms with van der Waals surface area (Å²) in [6.45, 7) is 3.22. The minimum absolute atomic E-state index is 0.0736. The normalized spacial score (nSPS) is 13.2. The summed E-state index contributed by atoms with van der Waals surface area (Å²) in [5.41, 5.74) is 0. The van der Waals surface area contributed by atoms with Crippen molar-refractivity contribution in [3.05, 3.63) is 5.82 Å². The molecule has 1 atom stereocenters. The molecule has 0 saturated heterocycles. The van der Waals surface area contributed by atoms with Crippen LogP contribution < -0.4 is 10.0 Å². The molecule has 8 nitrogen and oxygen atoms in total. The highest BCUT2D eigenvalue weighted by Crippen LogP contribution is 2.06. The number of carbonyl (C=O) groups excluding carboxylic acids is 1. The van der Waals surface area contributed by atoms with Crippen LogP contribution in [0.2, 0.25) is 0 Å². The van der Waals surface area contributed by atoms with Crippen molar-refractivity contribution in [1.82, 2.24) is 19.9 Å². The van der Waals surface area contributed by atoms with Crippen molar-refractivity contribution in [1.29, 1.82) is 0 Å². The molecule has 1 rings (SSSR count). The Hall–Kier alpha value is -1.13. The maximum absolute atomic E-state index is 12.1. The molecule has 0 bridgehead atoms. The molecule has 114 valence electrons. The molecular formula is C10H19N5O3S2. The van der Waals surface area contributed by atoms with Crippen LogP contribution in [0.15, 0.2) is 0 Å². The third-order valence-corrected chi connectivity index (χ3v) is 4.51. The molecule has 1 aromatic rings. The Kier molecular flexibility index (Phi) is 6.43. The molecular weight excluding hydrogens is 302 g/mol. The maximum atomic E-state index is 12.1. The number of thioether (sulfide) groups is 1. The summed E-state index contributed by atoms with van der Waals surface area (Å²) in [6, 6.07) is -0.828. The van der Waals surface area contributed by atoms with E-state index in [2.05, 4.69) is 25.2 Å². The third-order valence-electron chi connectivity index (χ3n) is 2.46. The van der Waals surface area contributed by atoms with Crippen molar-refractivity contribution < 1.29 is 13.2 Å². The molecule has 0 aliphatic carbocycles. The van der Waals surface area contributed by atoms with Crippen LogP contribution in [-0.4, -0.2) is 53.3 Å². The molecule has 1 aromatic heterocycles. The Balaban J connectivity index is 2.73. The first kappa shape index (κ1) is 16.9. The number of aromatic amines is 1. The van der Waals surface area contributed by atoms with E-state index in [-0.39, 0.29) is 11.7 Å². The largest absolute Gasteiger partial charge is 0.292 e. The van der Waals surface area contributed by atoms with Gasteiger partial charge in [0.15, 0.2) is 0 Å².